The molecule has 1 aliphatic rings. The van der Waals surface area contributed by atoms with E-state index in [1.54, 1.807) is 6.92 Å². The third-order valence-electron chi connectivity index (χ3n) is 3.86. The molecule has 0 aromatic carbocycles. The van der Waals surface area contributed by atoms with Crippen LogP contribution in [0.15, 0.2) is 4.90 Å². The van der Waals surface area contributed by atoms with Crippen molar-refractivity contribution in [3.05, 3.63) is 4.88 Å². The lowest BCUT2D eigenvalue weighted by molar-refractivity contribution is 0.315. The van der Waals surface area contributed by atoms with Crippen LogP contribution in [0.3, 0.4) is 0 Å². The molecule has 21 heavy (non-hydrogen) atoms. The van der Waals surface area contributed by atoms with Crippen LogP contribution in [0, 0.1) is 11.3 Å². The molecule has 6 nitrogen and oxygen atoms in total. The van der Waals surface area contributed by atoms with E-state index in [0.717, 1.165) is 19.5 Å². The molecule has 1 aromatic rings. The number of nitrogens with two attached hydrogens (primary N) is 1. The lowest BCUT2D eigenvalue weighted by Crippen LogP contribution is -2.31. The van der Waals surface area contributed by atoms with Gasteiger partial charge in [-0.3, -0.25) is 0 Å². The van der Waals surface area contributed by atoms with Crippen molar-refractivity contribution in [2.45, 2.75) is 24.3 Å². The van der Waals surface area contributed by atoms with E-state index in [0.29, 0.717) is 11.0 Å². The molecule has 1 fully saturated rings. The van der Waals surface area contributed by atoms with Crippen LogP contribution in [0.1, 0.15) is 18.2 Å². The minimum Gasteiger partial charge on any atom is -0.396 e. The Bertz CT molecular complexity index is 673. The van der Waals surface area contributed by atoms with Gasteiger partial charge in [-0.05, 0) is 20.5 Å². The molecule has 1 atom stereocenters. The highest BCUT2D eigenvalue weighted by Crippen LogP contribution is 2.42. The van der Waals surface area contributed by atoms with Crippen molar-refractivity contribution in [1.82, 2.24) is 4.90 Å². The molecule has 0 saturated carbocycles. The fraction of sp³-hybridized carbons (Fsp3) is 0.615. The van der Waals surface area contributed by atoms with Gasteiger partial charge in [0.1, 0.15) is 20.8 Å². The van der Waals surface area contributed by atoms with Gasteiger partial charge in [0.05, 0.1) is 11.4 Å². The number of thiophene rings is 1. The van der Waals surface area contributed by atoms with Gasteiger partial charge in [0.15, 0.2) is 9.84 Å². The van der Waals surface area contributed by atoms with Crippen LogP contribution in [0.25, 0.3) is 0 Å². The van der Waals surface area contributed by atoms with Gasteiger partial charge >= 0.3 is 0 Å². The molecule has 1 saturated heterocycles. The normalized spacial score (nSPS) is 19.2. The first-order valence-corrected chi connectivity index (χ1v) is 9.25. The van der Waals surface area contributed by atoms with Crippen LogP contribution in [-0.4, -0.2) is 52.3 Å². The fourth-order valence-corrected chi connectivity index (χ4v) is 5.14. The monoisotopic (exact) mass is 328 g/mol. The first-order chi connectivity index (χ1) is 9.81. The first-order valence-electron chi connectivity index (χ1n) is 6.78. The molecule has 1 aromatic heterocycles. The molecule has 116 valence electrons. The number of rotatable bonds is 4. The summed E-state index contributed by atoms with van der Waals surface area (Å²) in [4.78, 5) is 4.60. The predicted octanol–water partition coefficient (Wildman–Crippen LogP) is 1.14. The fourth-order valence-electron chi connectivity index (χ4n) is 2.50. The minimum atomic E-state index is -3.44. The number of anilines is 2. The summed E-state index contributed by atoms with van der Waals surface area (Å²) in [7, 11) is 0.586. The van der Waals surface area contributed by atoms with E-state index in [4.69, 9.17) is 11.0 Å². The molecule has 0 amide bonds. The highest BCUT2D eigenvalue weighted by molar-refractivity contribution is 7.91. The van der Waals surface area contributed by atoms with Crippen molar-refractivity contribution in [3.63, 3.8) is 0 Å². The lowest BCUT2D eigenvalue weighted by Gasteiger charge is -2.21. The molecule has 0 spiro atoms. The highest BCUT2D eigenvalue weighted by Gasteiger charge is 2.33. The van der Waals surface area contributed by atoms with Crippen molar-refractivity contribution >= 4 is 31.9 Å². The lowest BCUT2D eigenvalue weighted by atomic mass is 10.2. The van der Waals surface area contributed by atoms with E-state index in [1.807, 2.05) is 25.1 Å². The van der Waals surface area contributed by atoms with E-state index < -0.39 is 9.84 Å². The highest BCUT2D eigenvalue weighted by atomic mass is 32.2. The maximum absolute atomic E-state index is 12.3. The maximum atomic E-state index is 12.3. The second kappa shape index (κ2) is 5.83. The Kier molecular flexibility index (Phi) is 4.46. The number of hydrogen-bond donors (Lipinski definition) is 1. The summed E-state index contributed by atoms with van der Waals surface area (Å²) in [6.07, 6.45) is 0.971. The SMILES string of the molecule is CCS(=O)(=O)c1c(N2CCC(N(C)C)C2)sc(C#N)c1N. The molecule has 2 rings (SSSR count). The van der Waals surface area contributed by atoms with Crippen LogP contribution < -0.4 is 10.6 Å². The largest absolute Gasteiger partial charge is 0.396 e. The summed E-state index contributed by atoms with van der Waals surface area (Å²) >= 11 is 1.18. The molecular formula is C13H20N4O2S2. The number of nitrogens with zero attached hydrogens (tertiary/aromatic N) is 3. The molecular weight excluding hydrogens is 308 g/mol. The summed E-state index contributed by atoms with van der Waals surface area (Å²) in [6.45, 7) is 3.12. The van der Waals surface area contributed by atoms with Crippen molar-refractivity contribution in [1.29, 1.82) is 5.26 Å². The van der Waals surface area contributed by atoms with E-state index in [1.165, 1.54) is 11.3 Å². The van der Waals surface area contributed by atoms with Crippen molar-refractivity contribution in [2.75, 3.05) is 43.6 Å². The van der Waals surface area contributed by atoms with Crippen molar-refractivity contribution in [3.8, 4) is 6.07 Å². The van der Waals surface area contributed by atoms with E-state index >= 15 is 0 Å². The average molecular weight is 328 g/mol. The second-order valence-electron chi connectivity index (χ2n) is 5.35. The van der Waals surface area contributed by atoms with E-state index in [-0.39, 0.29) is 21.2 Å². The zero-order valence-electron chi connectivity index (χ0n) is 12.5. The van der Waals surface area contributed by atoms with Gasteiger partial charge in [0, 0.05) is 19.1 Å². The van der Waals surface area contributed by atoms with Crippen molar-refractivity contribution < 1.29 is 8.42 Å². The quantitative estimate of drug-likeness (QED) is 0.891. The molecule has 2 N–H and O–H groups in total. The number of sulfone groups is 1. The van der Waals surface area contributed by atoms with Crippen LogP contribution in [-0.2, 0) is 9.84 Å². The average Bonchev–Trinajstić information content (AvgIpc) is 3.03. The van der Waals surface area contributed by atoms with Gasteiger partial charge in [-0.1, -0.05) is 6.92 Å². The Labute approximate surface area is 129 Å². The summed E-state index contributed by atoms with van der Waals surface area (Å²) in [5.41, 5.74) is 6.01. The van der Waals surface area contributed by atoms with Gasteiger partial charge in [0.2, 0.25) is 0 Å². The smallest absolute Gasteiger partial charge is 0.183 e. The number of hydrogen-bond acceptors (Lipinski definition) is 7. The molecule has 0 radical (unpaired) electrons. The summed E-state index contributed by atoms with van der Waals surface area (Å²) < 4.78 is 24.6. The third-order valence-corrected chi connectivity index (χ3v) is 6.95. The topological polar surface area (TPSA) is 90.4 Å². The van der Waals surface area contributed by atoms with E-state index in [9.17, 15) is 8.42 Å². The van der Waals surface area contributed by atoms with Gasteiger partial charge in [-0.25, -0.2) is 8.42 Å². The summed E-state index contributed by atoms with van der Waals surface area (Å²) in [5.74, 6) is -0.0171. The zero-order valence-corrected chi connectivity index (χ0v) is 14.1. The third kappa shape index (κ3) is 2.86. The first kappa shape index (κ1) is 16.1. The Morgan fingerprint density at radius 3 is 2.67 bits per heavy atom. The second-order valence-corrected chi connectivity index (χ2v) is 8.56. The van der Waals surface area contributed by atoms with Gasteiger partial charge in [-0.2, -0.15) is 5.26 Å². The Morgan fingerprint density at radius 2 is 2.19 bits per heavy atom. The van der Waals surface area contributed by atoms with Crippen LogP contribution in [0.5, 0.6) is 0 Å². The zero-order chi connectivity index (χ0) is 15.8. The molecule has 2 heterocycles. The Morgan fingerprint density at radius 1 is 1.52 bits per heavy atom. The van der Waals surface area contributed by atoms with Gasteiger partial charge in [0.25, 0.3) is 0 Å². The molecule has 0 bridgehead atoms. The standard InChI is InChI=1S/C13H20N4O2S2/c1-4-21(18,19)12-11(15)10(7-14)20-13(12)17-6-5-9(8-17)16(2)3/h9H,4-6,8,15H2,1-3H3. The molecule has 8 heteroatoms. The molecule has 0 aliphatic carbocycles. The minimum absolute atomic E-state index is 0.0171. The Balaban J connectivity index is 2.48. The predicted molar refractivity (Wildman–Crippen MR) is 85.5 cm³/mol. The maximum Gasteiger partial charge on any atom is 0.183 e. The number of nitriles is 1. The van der Waals surface area contributed by atoms with Crippen molar-refractivity contribution in [2.24, 2.45) is 0 Å². The van der Waals surface area contributed by atoms with Gasteiger partial charge < -0.3 is 15.5 Å². The Hall–Kier alpha value is -1.30. The molecule has 1 aliphatic heterocycles. The number of likely N-dealkylation sites (N-methyl/N-ethyl adjacent to an activating group) is 1. The summed E-state index contributed by atoms with van der Waals surface area (Å²) in [6, 6.07) is 2.39. The van der Waals surface area contributed by atoms with Crippen LogP contribution in [0.2, 0.25) is 0 Å². The van der Waals surface area contributed by atoms with Crippen LogP contribution in [0.4, 0.5) is 10.7 Å². The summed E-state index contributed by atoms with van der Waals surface area (Å²) in [5, 5.41) is 9.76. The molecule has 1 unspecified atom stereocenters. The van der Waals surface area contributed by atoms with E-state index in [2.05, 4.69) is 4.90 Å². The van der Waals surface area contributed by atoms with Crippen LogP contribution >= 0.6 is 11.3 Å². The number of nitrogen functional groups attached to an aromatic ring is 1. The van der Waals surface area contributed by atoms with Gasteiger partial charge in [-0.15, -0.1) is 11.3 Å².